The van der Waals surface area contributed by atoms with Crippen LogP contribution < -0.4 is 5.32 Å². The molecule has 0 aliphatic carbocycles. The number of nitrogens with one attached hydrogen (secondary N) is 1. The maximum atomic E-state index is 14.1. The van der Waals surface area contributed by atoms with E-state index in [-0.39, 0.29) is 5.82 Å². The normalized spacial score (nSPS) is 14.4. The number of rotatable bonds is 6. The zero-order valence-electron chi connectivity index (χ0n) is 16.5. The molecule has 2 aromatic carbocycles. The van der Waals surface area contributed by atoms with Crippen molar-refractivity contribution in [2.75, 3.05) is 6.54 Å². The van der Waals surface area contributed by atoms with Gasteiger partial charge in [0.25, 0.3) is 0 Å². The standard InChI is InChI=1S/C23H27FN4/c1-17(2)25-14-22-20-16-27(15-18-8-6-7-11-21(18)24)13-12-23(20)28(26-22)19-9-4-3-5-10-19/h3-11,17,25H,12-16H2,1-2H3. The van der Waals surface area contributed by atoms with Crippen molar-refractivity contribution in [3.05, 3.63) is 82.9 Å². The summed E-state index contributed by atoms with van der Waals surface area (Å²) in [4.78, 5) is 2.32. The molecule has 0 bridgehead atoms. The van der Waals surface area contributed by atoms with Crippen LogP contribution in [0.1, 0.15) is 36.4 Å². The van der Waals surface area contributed by atoms with E-state index in [1.807, 2.05) is 30.3 Å². The number of hydrogen-bond acceptors (Lipinski definition) is 3. The van der Waals surface area contributed by atoms with Crippen molar-refractivity contribution in [2.45, 2.75) is 45.9 Å². The minimum absolute atomic E-state index is 0.130. The molecule has 3 aromatic rings. The fourth-order valence-corrected chi connectivity index (χ4v) is 3.77. The Hall–Kier alpha value is -2.50. The molecule has 2 heterocycles. The molecule has 5 heteroatoms. The molecule has 0 fully saturated rings. The average Bonchev–Trinajstić information content (AvgIpc) is 3.07. The van der Waals surface area contributed by atoms with Crippen molar-refractivity contribution in [3.63, 3.8) is 0 Å². The van der Waals surface area contributed by atoms with Crippen molar-refractivity contribution in [1.29, 1.82) is 0 Å². The first kappa shape index (κ1) is 18.8. The highest BCUT2D eigenvalue weighted by Crippen LogP contribution is 2.27. The molecule has 1 aliphatic heterocycles. The second-order valence-corrected chi connectivity index (χ2v) is 7.71. The van der Waals surface area contributed by atoms with Crippen LogP contribution in [0.3, 0.4) is 0 Å². The molecule has 0 unspecified atom stereocenters. The van der Waals surface area contributed by atoms with Gasteiger partial charge in [-0.15, -0.1) is 0 Å². The molecule has 0 saturated carbocycles. The van der Waals surface area contributed by atoms with Crippen molar-refractivity contribution >= 4 is 0 Å². The lowest BCUT2D eigenvalue weighted by atomic mass is 10.0. The van der Waals surface area contributed by atoms with Gasteiger partial charge in [-0.1, -0.05) is 50.2 Å². The van der Waals surface area contributed by atoms with E-state index in [2.05, 4.69) is 40.9 Å². The van der Waals surface area contributed by atoms with Gasteiger partial charge in [0.1, 0.15) is 5.82 Å². The number of aromatic nitrogens is 2. The molecule has 0 radical (unpaired) electrons. The lowest BCUT2D eigenvalue weighted by Crippen LogP contribution is -2.31. The van der Waals surface area contributed by atoms with Gasteiger partial charge in [0.05, 0.1) is 17.1 Å². The van der Waals surface area contributed by atoms with Crippen LogP contribution in [0, 0.1) is 5.82 Å². The smallest absolute Gasteiger partial charge is 0.127 e. The van der Waals surface area contributed by atoms with Crippen LogP contribution in [0.15, 0.2) is 54.6 Å². The first-order valence-corrected chi connectivity index (χ1v) is 9.96. The summed E-state index contributed by atoms with van der Waals surface area (Å²) in [6.07, 6.45) is 0.910. The number of fused-ring (bicyclic) bond motifs is 1. The Morgan fingerprint density at radius 1 is 1.07 bits per heavy atom. The van der Waals surface area contributed by atoms with E-state index < -0.39 is 0 Å². The third kappa shape index (κ3) is 4.01. The van der Waals surface area contributed by atoms with Crippen LogP contribution in [-0.2, 0) is 26.1 Å². The van der Waals surface area contributed by atoms with Gasteiger partial charge in [-0.3, -0.25) is 4.90 Å². The zero-order valence-corrected chi connectivity index (χ0v) is 16.5. The molecule has 0 atom stereocenters. The number of benzene rings is 2. The van der Waals surface area contributed by atoms with E-state index in [1.54, 1.807) is 6.07 Å². The van der Waals surface area contributed by atoms with E-state index in [0.29, 0.717) is 12.6 Å². The van der Waals surface area contributed by atoms with Crippen LogP contribution >= 0.6 is 0 Å². The fourth-order valence-electron chi connectivity index (χ4n) is 3.77. The largest absolute Gasteiger partial charge is 0.309 e. The van der Waals surface area contributed by atoms with E-state index in [1.165, 1.54) is 17.3 Å². The van der Waals surface area contributed by atoms with Crippen LogP contribution in [0.2, 0.25) is 0 Å². The van der Waals surface area contributed by atoms with Crippen LogP contribution in [-0.4, -0.2) is 27.3 Å². The minimum atomic E-state index is -0.130. The second kappa shape index (κ2) is 8.25. The molecule has 0 spiro atoms. The fraction of sp³-hybridized carbons (Fsp3) is 0.348. The second-order valence-electron chi connectivity index (χ2n) is 7.71. The summed E-state index contributed by atoms with van der Waals surface area (Å²) in [7, 11) is 0. The predicted octanol–water partition coefficient (Wildman–Crippen LogP) is 4.07. The Labute approximate surface area is 166 Å². The van der Waals surface area contributed by atoms with Gasteiger partial charge in [-0.2, -0.15) is 5.10 Å². The lowest BCUT2D eigenvalue weighted by Gasteiger charge is -2.28. The van der Waals surface area contributed by atoms with Crippen LogP contribution in [0.5, 0.6) is 0 Å². The Morgan fingerprint density at radius 2 is 1.82 bits per heavy atom. The quantitative estimate of drug-likeness (QED) is 0.702. The summed E-state index contributed by atoms with van der Waals surface area (Å²) >= 11 is 0. The summed E-state index contributed by atoms with van der Waals surface area (Å²) < 4.78 is 16.2. The molecule has 4 nitrogen and oxygen atoms in total. The SMILES string of the molecule is CC(C)NCc1nn(-c2ccccc2)c2c1CN(Cc1ccccc1F)CC2. The van der Waals surface area contributed by atoms with E-state index in [4.69, 9.17) is 5.10 Å². The Bertz CT molecular complexity index is 933. The van der Waals surface area contributed by atoms with E-state index >= 15 is 0 Å². The molecule has 0 saturated heterocycles. The molecule has 0 amide bonds. The maximum Gasteiger partial charge on any atom is 0.127 e. The van der Waals surface area contributed by atoms with Gasteiger partial charge in [0.15, 0.2) is 0 Å². The summed E-state index contributed by atoms with van der Waals surface area (Å²) in [5.41, 5.74) is 5.49. The minimum Gasteiger partial charge on any atom is -0.309 e. The van der Waals surface area contributed by atoms with Gasteiger partial charge >= 0.3 is 0 Å². The molecular formula is C23H27FN4. The highest BCUT2D eigenvalue weighted by molar-refractivity contribution is 5.39. The van der Waals surface area contributed by atoms with Gasteiger partial charge in [0.2, 0.25) is 0 Å². The molecular weight excluding hydrogens is 351 g/mol. The van der Waals surface area contributed by atoms with Crippen LogP contribution in [0.25, 0.3) is 5.69 Å². The van der Waals surface area contributed by atoms with E-state index in [9.17, 15) is 4.39 Å². The highest BCUT2D eigenvalue weighted by Gasteiger charge is 2.26. The van der Waals surface area contributed by atoms with Gasteiger partial charge < -0.3 is 5.32 Å². The predicted molar refractivity (Wildman–Crippen MR) is 110 cm³/mol. The third-order valence-corrected chi connectivity index (χ3v) is 5.25. The highest BCUT2D eigenvalue weighted by atomic mass is 19.1. The van der Waals surface area contributed by atoms with Crippen molar-refractivity contribution in [3.8, 4) is 5.69 Å². The number of halogens is 1. The van der Waals surface area contributed by atoms with Crippen LogP contribution in [0.4, 0.5) is 4.39 Å². The molecule has 1 aliphatic rings. The first-order chi connectivity index (χ1) is 13.6. The van der Waals surface area contributed by atoms with Gasteiger partial charge in [-0.25, -0.2) is 9.07 Å². The third-order valence-electron chi connectivity index (χ3n) is 5.25. The monoisotopic (exact) mass is 378 g/mol. The first-order valence-electron chi connectivity index (χ1n) is 9.96. The average molecular weight is 378 g/mol. The molecule has 146 valence electrons. The summed E-state index contributed by atoms with van der Waals surface area (Å²) in [5, 5.41) is 8.44. The summed E-state index contributed by atoms with van der Waals surface area (Å²) in [5.74, 6) is -0.130. The van der Waals surface area contributed by atoms with E-state index in [0.717, 1.165) is 43.0 Å². The molecule has 1 N–H and O–H groups in total. The summed E-state index contributed by atoms with van der Waals surface area (Å²) in [6, 6.07) is 17.8. The summed E-state index contributed by atoms with van der Waals surface area (Å²) in [6.45, 7) is 7.35. The number of nitrogens with zero attached hydrogens (tertiary/aromatic N) is 3. The molecule has 1 aromatic heterocycles. The number of para-hydroxylation sites is 1. The Kier molecular flexibility index (Phi) is 5.55. The number of hydrogen-bond donors (Lipinski definition) is 1. The Balaban J connectivity index is 1.63. The van der Waals surface area contributed by atoms with Crippen molar-refractivity contribution in [2.24, 2.45) is 0 Å². The topological polar surface area (TPSA) is 33.1 Å². The van der Waals surface area contributed by atoms with Crippen molar-refractivity contribution < 1.29 is 4.39 Å². The van der Waals surface area contributed by atoms with Gasteiger partial charge in [0, 0.05) is 49.8 Å². The van der Waals surface area contributed by atoms with Gasteiger partial charge in [-0.05, 0) is 18.2 Å². The van der Waals surface area contributed by atoms with Crippen molar-refractivity contribution in [1.82, 2.24) is 20.0 Å². The zero-order chi connectivity index (χ0) is 19.5. The maximum absolute atomic E-state index is 14.1. The lowest BCUT2D eigenvalue weighted by molar-refractivity contribution is 0.239. The Morgan fingerprint density at radius 3 is 2.57 bits per heavy atom. The molecule has 28 heavy (non-hydrogen) atoms. The molecule has 4 rings (SSSR count).